The number of hydrogen-bond donors (Lipinski definition) is 2. The third-order valence-corrected chi connectivity index (χ3v) is 2.74. The molecule has 0 aliphatic rings. The Morgan fingerprint density at radius 2 is 2.06 bits per heavy atom. The molecule has 94 valence electrons. The third kappa shape index (κ3) is 2.71. The molecule has 2 aromatic rings. The van der Waals surface area contributed by atoms with Crippen LogP contribution in [0.5, 0.6) is 0 Å². The Hall–Kier alpha value is -2.23. The van der Waals surface area contributed by atoms with E-state index in [2.05, 4.69) is 17.6 Å². The minimum Gasteiger partial charge on any atom is -0.449 e. The molecule has 1 aromatic heterocycles. The first-order valence-corrected chi connectivity index (χ1v) is 5.90. The van der Waals surface area contributed by atoms with Gasteiger partial charge in [0.05, 0.1) is 6.26 Å². The molecule has 0 aliphatic carbocycles. The highest BCUT2D eigenvalue weighted by molar-refractivity contribution is 5.99. The summed E-state index contributed by atoms with van der Waals surface area (Å²) >= 11 is 0. The van der Waals surface area contributed by atoms with Gasteiger partial charge in [-0.2, -0.15) is 0 Å². The second-order valence-corrected chi connectivity index (χ2v) is 4.02. The maximum absolute atomic E-state index is 11.8. The van der Waals surface area contributed by atoms with Crippen molar-refractivity contribution in [3.63, 3.8) is 0 Å². The van der Waals surface area contributed by atoms with E-state index in [9.17, 15) is 4.79 Å². The smallest absolute Gasteiger partial charge is 0.326 e. The van der Waals surface area contributed by atoms with E-state index < -0.39 is 0 Å². The van der Waals surface area contributed by atoms with Crippen molar-refractivity contribution in [2.45, 2.75) is 20.3 Å². The standard InChI is InChI=1S/C14H16N2O2/c1-3-11-7-4-6-10(2)13(11)16-14(17)15-12-8-5-9-18-12/h4-9H,3H2,1-2H3,(H2,15,16,17). The molecule has 0 fully saturated rings. The zero-order valence-corrected chi connectivity index (χ0v) is 10.5. The fourth-order valence-electron chi connectivity index (χ4n) is 1.81. The Kier molecular flexibility index (Phi) is 3.67. The first-order chi connectivity index (χ1) is 8.70. The first-order valence-electron chi connectivity index (χ1n) is 5.90. The second-order valence-electron chi connectivity index (χ2n) is 4.02. The van der Waals surface area contributed by atoms with Gasteiger partial charge in [0.1, 0.15) is 0 Å². The van der Waals surface area contributed by atoms with E-state index >= 15 is 0 Å². The number of furan rings is 1. The van der Waals surface area contributed by atoms with Gasteiger partial charge in [0.15, 0.2) is 0 Å². The quantitative estimate of drug-likeness (QED) is 0.862. The molecule has 0 saturated carbocycles. The predicted molar refractivity (Wildman–Crippen MR) is 71.9 cm³/mol. The van der Waals surface area contributed by atoms with Crippen molar-refractivity contribution in [2.75, 3.05) is 10.6 Å². The highest BCUT2D eigenvalue weighted by atomic mass is 16.3. The lowest BCUT2D eigenvalue weighted by Crippen LogP contribution is -2.20. The molecule has 4 heteroatoms. The predicted octanol–water partition coefficient (Wildman–Crippen LogP) is 3.79. The number of aryl methyl sites for hydroxylation is 2. The molecule has 18 heavy (non-hydrogen) atoms. The number of nitrogens with one attached hydrogen (secondary N) is 2. The lowest BCUT2D eigenvalue weighted by atomic mass is 10.1. The molecule has 0 spiro atoms. The van der Waals surface area contributed by atoms with Crippen LogP contribution in [0.3, 0.4) is 0 Å². The van der Waals surface area contributed by atoms with Crippen molar-refractivity contribution < 1.29 is 9.21 Å². The average Bonchev–Trinajstić information content (AvgIpc) is 2.84. The summed E-state index contributed by atoms with van der Waals surface area (Å²) in [7, 11) is 0. The van der Waals surface area contributed by atoms with Gasteiger partial charge in [-0.3, -0.25) is 5.32 Å². The van der Waals surface area contributed by atoms with E-state index in [1.165, 1.54) is 6.26 Å². The third-order valence-electron chi connectivity index (χ3n) is 2.74. The summed E-state index contributed by atoms with van der Waals surface area (Å²) in [5.74, 6) is 0.430. The van der Waals surface area contributed by atoms with Gasteiger partial charge < -0.3 is 9.73 Å². The molecule has 0 aliphatic heterocycles. The Labute approximate surface area is 106 Å². The summed E-state index contributed by atoms with van der Waals surface area (Å²) < 4.78 is 5.06. The van der Waals surface area contributed by atoms with Crippen LogP contribution < -0.4 is 10.6 Å². The Morgan fingerprint density at radius 3 is 2.72 bits per heavy atom. The van der Waals surface area contributed by atoms with Gasteiger partial charge in [0.2, 0.25) is 5.88 Å². The number of carbonyl (C=O) groups is 1. The summed E-state index contributed by atoms with van der Waals surface area (Å²) in [5.41, 5.74) is 3.03. The molecule has 0 saturated heterocycles. The molecule has 0 bridgehead atoms. The van der Waals surface area contributed by atoms with Gasteiger partial charge in [-0.15, -0.1) is 0 Å². The largest absolute Gasteiger partial charge is 0.449 e. The van der Waals surface area contributed by atoms with E-state index in [-0.39, 0.29) is 6.03 Å². The van der Waals surface area contributed by atoms with Crippen LogP contribution in [0.25, 0.3) is 0 Å². The number of rotatable bonds is 3. The molecule has 1 heterocycles. The van der Waals surface area contributed by atoms with Crippen molar-refractivity contribution in [1.29, 1.82) is 0 Å². The van der Waals surface area contributed by atoms with Gasteiger partial charge >= 0.3 is 6.03 Å². The number of hydrogen-bond acceptors (Lipinski definition) is 2. The average molecular weight is 244 g/mol. The van der Waals surface area contributed by atoms with Crippen molar-refractivity contribution in [3.05, 3.63) is 47.7 Å². The van der Waals surface area contributed by atoms with Crippen LogP contribution in [0.2, 0.25) is 0 Å². The number of anilines is 2. The molecule has 2 rings (SSSR count). The highest BCUT2D eigenvalue weighted by Crippen LogP contribution is 2.21. The van der Waals surface area contributed by atoms with Crippen LogP contribution in [0.1, 0.15) is 18.1 Å². The summed E-state index contributed by atoms with van der Waals surface area (Å²) in [5, 5.41) is 5.49. The lowest BCUT2D eigenvalue weighted by Gasteiger charge is -2.12. The van der Waals surface area contributed by atoms with Crippen LogP contribution in [-0.4, -0.2) is 6.03 Å². The van der Waals surface area contributed by atoms with E-state index in [0.717, 1.165) is 23.2 Å². The zero-order valence-electron chi connectivity index (χ0n) is 10.5. The summed E-state index contributed by atoms with van der Waals surface area (Å²) in [6, 6.07) is 9.09. The van der Waals surface area contributed by atoms with Gasteiger partial charge in [-0.1, -0.05) is 25.1 Å². The summed E-state index contributed by atoms with van der Waals surface area (Å²) in [4.78, 5) is 11.8. The van der Waals surface area contributed by atoms with Gasteiger partial charge in [0, 0.05) is 11.8 Å². The number of carbonyl (C=O) groups excluding carboxylic acids is 1. The fraction of sp³-hybridized carbons (Fsp3) is 0.214. The SMILES string of the molecule is CCc1cccc(C)c1NC(=O)Nc1ccco1. The van der Waals surface area contributed by atoms with E-state index in [4.69, 9.17) is 4.42 Å². The van der Waals surface area contributed by atoms with Crippen molar-refractivity contribution in [3.8, 4) is 0 Å². The minimum absolute atomic E-state index is 0.297. The summed E-state index contributed by atoms with van der Waals surface area (Å²) in [6.45, 7) is 4.03. The molecule has 1 aromatic carbocycles. The van der Waals surface area contributed by atoms with Gasteiger partial charge in [0.25, 0.3) is 0 Å². The van der Waals surface area contributed by atoms with Crippen molar-refractivity contribution in [2.24, 2.45) is 0 Å². The Balaban J connectivity index is 2.11. The lowest BCUT2D eigenvalue weighted by molar-refractivity contribution is 0.261. The maximum Gasteiger partial charge on any atom is 0.326 e. The molecule has 0 atom stereocenters. The molecular weight excluding hydrogens is 228 g/mol. The molecular formula is C14H16N2O2. The highest BCUT2D eigenvalue weighted by Gasteiger charge is 2.09. The van der Waals surface area contributed by atoms with Crippen LogP contribution in [0, 0.1) is 6.92 Å². The van der Waals surface area contributed by atoms with Crippen LogP contribution in [-0.2, 0) is 6.42 Å². The first kappa shape index (κ1) is 12.2. The molecule has 2 N–H and O–H groups in total. The summed E-state index contributed by atoms with van der Waals surface area (Å²) in [6.07, 6.45) is 2.39. The van der Waals surface area contributed by atoms with Crippen molar-refractivity contribution in [1.82, 2.24) is 0 Å². The Morgan fingerprint density at radius 1 is 1.22 bits per heavy atom. The monoisotopic (exact) mass is 244 g/mol. The van der Waals surface area contributed by atoms with E-state index in [1.807, 2.05) is 25.1 Å². The number of benzene rings is 1. The van der Waals surface area contributed by atoms with E-state index in [1.54, 1.807) is 12.1 Å². The topological polar surface area (TPSA) is 54.3 Å². The number of para-hydroxylation sites is 1. The van der Waals surface area contributed by atoms with Crippen LogP contribution in [0.4, 0.5) is 16.4 Å². The van der Waals surface area contributed by atoms with E-state index in [0.29, 0.717) is 5.88 Å². The molecule has 2 amide bonds. The Bertz CT molecular complexity index is 533. The van der Waals surface area contributed by atoms with Crippen LogP contribution >= 0.6 is 0 Å². The van der Waals surface area contributed by atoms with Crippen molar-refractivity contribution >= 4 is 17.6 Å². The normalized spacial score (nSPS) is 10.1. The maximum atomic E-state index is 11.8. The second kappa shape index (κ2) is 5.40. The molecule has 4 nitrogen and oxygen atoms in total. The van der Waals surface area contributed by atoms with Crippen LogP contribution in [0.15, 0.2) is 41.0 Å². The number of amides is 2. The van der Waals surface area contributed by atoms with Gasteiger partial charge in [-0.25, -0.2) is 4.79 Å². The van der Waals surface area contributed by atoms with Gasteiger partial charge in [-0.05, 0) is 30.5 Å². The fourth-order valence-corrected chi connectivity index (χ4v) is 1.81. The zero-order chi connectivity index (χ0) is 13.0. The number of urea groups is 1. The minimum atomic E-state index is -0.297. The molecule has 0 radical (unpaired) electrons. The molecule has 0 unspecified atom stereocenters.